The van der Waals surface area contributed by atoms with Gasteiger partial charge in [-0.25, -0.2) is 0 Å². The molecule has 140 valence electrons. The molecule has 2 aromatic carbocycles. The van der Waals surface area contributed by atoms with Crippen LogP contribution in [0.25, 0.3) is 0 Å². The topological polar surface area (TPSA) is 64.1 Å². The van der Waals surface area contributed by atoms with E-state index in [1.807, 2.05) is 30.3 Å². The van der Waals surface area contributed by atoms with Crippen LogP contribution in [-0.2, 0) is 13.0 Å². The van der Waals surface area contributed by atoms with Gasteiger partial charge < -0.3 is 24.8 Å². The predicted molar refractivity (Wildman–Crippen MR) is 104 cm³/mol. The van der Waals surface area contributed by atoms with Gasteiger partial charge in [-0.05, 0) is 18.1 Å². The Hall–Kier alpha value is -2.89. The summed E-state index contributed by atoms with van der Waals surface area (Å²) in [7, 11) is 6.61. The number of ether oxygens (including phenoxy) is 3. The van der Waals surface area contributed by atoms with Crippen molar-refractivity contribution >= 4 is 5.96 Å². The number of guanidine groups is 1. The van der Waals surface area contributed by atoms with E-state index in [0.29, 0.717) is 18.0 Å². The van der Waals surface area contributed by atoms with E-state index in [1.165, 1.54) is 5.56 Å². The lowest BCUT2D eigenvalue weighted by molar-refractivity contribution is 0.347. The van der Waals surface area contributed by atoms with Crippen LogP contribution in [0, 0.1) is 0 Å². The summed E-state index contributed by atoms with van der Waals surface area (Å²) in [5.74, 6) is 2.77. The molecule has 0 spiro atoms. The third kappa shape index (κ3) is 5.31. The van der Waals surface area contributed by atoms with Crippen LogP contribution < -0.4 is 24.8 Å². The number of benzene rings is 2. The Bertz CT molecular complexity index is 718. The maximum absolute atomic E-state index is 5.46. The van der Waals surface area contributed by atoms with Crippen molar-refractivity contribution < 1.29 is 14.2 Å². The molecule has 6 nitrogen and oxygen atoms in total. The highest BCUT2D eigenvalue weighted by Gasteiger charge is 2.12. The van der Waals surface area contributed by atoms with E-state index in [1.54, 1.807) is 28.4 Å². The summed E-state index contributed by atoms with van der Waals surface area (Å²) in [4.78, 5) is 4.26. The zero-order chi connectivity index (χ0) is 18.8. The molecule has 0 aliphatic carbocycles. The van der Waals surface area contributed by atoms with Crippen LogP contribution in [0.15, 0.2) is 47.5 Å². The zero-order valence-electron chi connectivity index (χ0n) is 15.8. The number of hydrogen-bond acceptors (Lipinski definition) is 4. The molecule has 2 aromatic rings. The van der Waals surface area contributed by atoms with Crippen LogP contribution >= 0.6 is 0 Å². The van der Waals surface area contributed by atoms with E-state index in [2.05, 4.69) is 27.8 Å². The van der Waals surface area contributed by atoms with Crippen molar-refractivity contribution in [1.29, 1.82) is 0 Å². The molecule has 0 bridgehead atoms. The fourth-order valence-corrected chi connectivity index (χ4v) is 2.60. The van der Waals surface area contributed by atoms with Gasteiger partial charge in [0, 0.05) is 31.8 Å². The molecule has 2 rings (SSSR count). The molecule has 6 heteroatoms. The van der Waals surface area contributed by atoms with Crippen molar-refractivity contribution in [3.05, 3.63) is 53.6 Å². The summed E-state index contributed by atoms with van der Waals surface area (Å²) in [6.07, 6.45) is 0.932. The Morgan fingerprint density at radius 1 is 0.885 bits per heavy atom. The van der Waals surface area contributed by atoms with Crippen LogP contribution in [0.1, 0.15) is 11.1 Å². The predicted octanol–water partition coefficient (Wildman–Crippen LogP) is 2.62. The molecule has 0 saturated carbocycles. The first kappa shape index (κ1) is 19.4. The number of methoxy groups -OCH3 is 3. The molecule has 0 fully saturated rings. The third-order valence-electron chi connectivity index (χ3n) is 4.01. The quantitative estimate of drug-likeness (QED) is 0.562. The van der Waals surface area contributed by atoms with E-state index in [-0.39, 0.29) is 0 Å². The van der Waals surface area contributed by atoms with Gasteiger partial charge in [0.25, 0.3) is 0 Å². The maximum atomic E-state index is 5.46. The van der Waals surface area contributed by atoms with Crippen molar-refractivity contribution in [3.8, 4) is 17.2 Å². The van der Waals surface area contributed by atoms with Crippen molar-refractivity contribution in [1.82, 2.24) is 10.6 Å². The lowest BCUT2D eigenvalue weighted by Gasteiger charge is -2.16. The summed E-state index contributed by atoms with van der Waals surface area (Å²) >= 11 is 0. The Morgan fingerprint density at radius 2 is 1.54 bits per heavy atom. The second-order valence-electron chi connectivity index (χ2n) is 5.61. The van der Waals surface area contributed by atoms with Gasteiger partial charge in [-0.1, -0.05) is 30.3 Å². The molecule has 0 amide bonds. The molecule has 0 unspecified atom stereocenters. The molecule has 0 saturated heterocycles. The number of rotatable bonds is 8. The molecular formula is C20H27N3O3. The molecule has 0 aliphatic heterocycles. The highest BCUT2D eigenvalue weighted by Crippen LogP contribution is 2.34. The van der Waals surface area contributed by atoms with E-state index in [4.69, 9.17) is 14.2 Å². The van der Waals surface area contributed by atoms with Gasteiger partial charge in [-0.3, -0.25) is 4.99 Å². The van der Waals surface area contributed by atoms with Crippen LogP contribution in [-0.4, -0.2) is 40.9 Å². The van der Waals surface area contributed by atoms with Gasteiger partial charge in [0.15, 0.2) is 17.5 Å². The fourth-order valence-electron chi connectivity index (χ4n) is 2.60. The van der Waals surface area contributed by atoms with E-state index in [9.17, 15) is 0 Å². The van der Waals surface area contributed by atoms with Crippen LogP contribution in [0.3, 0.4) is 0 Å². The van der Waals surface area contributed by atoms with Gasteiger partial charge >= 0.3 is 0 Å². The summed E-state index contributed by atoms with van der Waals surface area (Å²) < 4.78 is 16.1. The minimum absolute atomic E-state index is 0.550. The van der Waals surface area contributed by atoms with Gasteiger partial charge in [-0.2, -0.15) is 0 Å². The van der Waals surface area contributed by atoms with Gasteiger partial charge in [0.05, 0.1) is 21.3 Å². The molecule has 0 radical (unpaired) electrons. The summed E-state index contributed by atoms with van der Waals surface area (Å²) in [6.45, 7) is 1.35. The van der Waals surface area contributed by atoms with Crippen molar-refractivity contribution in [2.45, 2.75) is 13.0 Å². The average molecular weight is 357 g/mol. The van der Waals surface area contributed by atoms with Crippen molar-refractivity contribution in [2.75, 3.05) is 34.9 Å². The Kier molecular flexibility index (Phi) is 7.61. The number of hydrogen-bond donors (Lipinski definition) is 2. The minimum atomic E-state index is 0.550. The van der Waals surface area contributed by atoms with E-state index in [0.717, 1.165) is 30.2 Å². The smallest absolute Gasteiger partial charge is 0.191 e. The number of aliphatic imine (C=N–C) groups is 1. The highest BCUT2D eigenvalue weighted by atomic mass is 16.5. The second kappa shape index (κ2) is 10.2. The minimum Gasteiger partial charge on any atom is -0.496 e. The average Bonchev–Trinajstić information content (AvgIpc) is 2.70. The number of nitrogens with one attached hydrogen (secondary N) is 2. The van der Waals surface area contributed by atoms with Crippen LogP contribution in [0.5, 0.6) is 17.2 Å². The first-order valence-corrected chi connectivity index (χ1v) is 8.49. The Morgan fingerprint density at radius 3 is 2.15 bits per heavy atom. The van der Waals surface area contributed by atoms with Gasteiger partial charge in [0.2, 0.25) is 0 Å². The second-order valence-corrected chi connectivity index (χ2v) is 5.61. The summed E-state index contributed by atoms with van der Waals surface area (Å²) in [5.41, 5.74) is 2.24. The molecule has 0 aliphatic rings. The summed E-state index contributed by atoms with van der Waals surface area (Å²) in [6, 6.07) is 14.1. The molecule has 0 aromatic heterocycles. The largest absolute Gasteiger partial charge is 0.496 e. The monoisotopic (exact) mass is 357 g/mol. The molecular weight excluding hydrogens is 330 g/mol. The van der Waals surface area contributed by atoms with Gasteiger partial charge in [0.1, 0.15) is 5.75 Å². The lowest BCUT2D eigenvalue weighted by Crippen LogP contribution is -2.37. The molecule has 0 heterocycles. The molecule has 2 N–H and O–H groups in total. The maximum Gasteiger partial charge on any atom is 0.191 e. The fraction of sp³-hybridized carbons (Fsp3) is 0.350. The first-order chi connectivity index (χ1) is 12.7. The zero-order valence-corrected chi connectivity index (χ0v) is 15.8. The lowest BCUT2D eigenvalue weighted by atomic mass is 10.1. The Labute approximate surface area is 155 Å². The third-order valence-corrected chi connectivity index (χ3v) is 4.01. The number of nitrogens with zero attached hydrogens (tertiary/aromatic N) is 1. The van der Waals surface area contributed by atoms with E-state index < -0.39 is 0 Å². The SMILES string of the molecule is CN=C(NCCc1ccccc1)NCc1cc(OC)c(OC)cc1OC. The van der Waals surface area contributed by atoms with Crippen molar-refractivity contribution in [3.63, 3.8) is 0 Å². The summed E-state index contributed by atoms with van der Waals surface area (Å²) in [5, 5.41) is 6.62. The van der Waals surface area contributed by atoms with Crippen LogP contribution in [0.2, 0.25) is 0 Å². The Balaban J connectivity index is 1.95. The normalized spacial score (nSPS) is 11.0. The van der Waals surface area contributed by atoms with Crippen LogP contribution in [0.4, 0.5) is 0 Å². The molecule has 26 heavy (non-hydrogen) atoms. The van der Waals surface area contributed by atoms with E-state index >= 15 is 0 Å². The highest BCUT2D eigenvalue weighted by molar-refractivity contribution is 5.79. The standard InChI is InChI=1S/C20H27N3O3/c1-21-20(22-11-10-15-8-6-5-7-9-15)23-14-16-12-18(25-3)19(26-4)13-17(16)24-2/h5-9,12-13H,10-11,14H2,1-4H3,(H2,21,22,23). The molecule has 0 atom stereocenters. The first-order valence-electron chi connectivity index (χ1n) is 8.49. The van der Waals surface area contributed by atoms with Crippen molar-refractivity contribution in [2.24, 2.45) is 4.99 Å². The van der Waals surface area contributed by atoms with Gasteiger partial charge in [-0.15, -0.1) is 0 Å².